The summed E-state index contributed by atoms with van der Waals surface area (Å²) in [6.45, 7) is 0. The molecule has 2 unspecified atom stereocenters. The van der Waals surface area contributed by atoms with Crippen LogP contribution < -0.4 is 16.0 Å². The summed E-state index contributed by atoms with van der Waals surface area (Å²) >= 11 is 0. The minimum absolute atomic E-state index is 0.0260. The first kappa shape index (κ1) is 14.3. The molecule has 0 saturated heterocycles. The zero-order valence-electron chi connectivity index (χ0n) is 11.0. The Morgan fingerprint density at radius 2 is 2.21 bits per heavy atom. The van der Waals surface area contributed by atoms with Crippen molar-refractivity contribution in [1.29, 1.82) is 0 Å². The molecule has 19 heavy (non-hydrogen) atoms. The van der Waals surface area contributed by atoms with Crippen molar-refractivity contribution in [1.82, 2.24) is 5.43 Å². The maximum absolute atomic E-state index is 11.1. The molecule has 3 N–H and O–H groups in total. The van der Waals surface area contributed by atoms with Gasteiger partial charge in [-0.3, -0.25) is 11.3 Å². The lowest BCUT2D eigenvalue weighted by atomic mass is 10.0. The van der Waals surface area contributed by atoms with E-state index in [0.29, 0.717) is 12.8 Å². The van der Waals surface area contributed by atoms with Crippen LogP contribution >= 0.6 is 0 Å². The van der Waals surface area contributed by atoms with Crippen LogP contribution in [-0.4, -0.2) is 32.6 Å². The Kier molecular flexibility index (Phi) is 4.44. The van der Waals surface area contributed by atoms with Gasteiger partial charge in [-0.15, -0.1) is 0 Å². The maximum atomic E-state index is 11.1. The summed E-state index contributed by atoms with van der Waals surface area (Å²) < 4.78 is 28.1. The monoisotopic (exact) mass is 284 g/mol. The van der Waals surface area contributed by atoms with Crippen molar-refractivity contribution in [3.63, 3.8) is 0 Å². The molecule has 2 atom stereocenters. The van der Waals surface area contributed by atoms with E-state index in [0.717, 1.165) is 12.2 Å². The van der Waals surface area contributed by atoms with E-state index in [1.165, 1.54) is 11.8 Å². The van der Waals surface area contributed by atoms with Crippen molar-refractivity contribution in [2.75, 3.05) is 12.0 Å². The lowest BCUT2D eigenvalue weighted by Crippen LogP contribution is -2.46. The fourth-order valence-corrected chi connectivity index (χ4v) is 3.07. The fourth-order valence-electron chi connectivity index (χ4n) is 2.38. The van der Waals surface area contributed by atoms with Crippen LogP contribution in [0.3, 0.4) is 0 Å². The highest BCUT2D eigenvalue weighted by atomic mass is 32.2. The number of hydrogen-bond donors (Lipinski definition) is 2. The second-order valence-electron chi connectivity index (χ2n) is 5.01. The van der Waals surface area contributed by atoms with Gasteiger partial charge in [-0.1, -0.05) is 18.2 Å². The van der Waals surface area contributed by atoms with E-state index in [4.69, 9.17) is 10.6 Å². The Labute approximate surface area is 114 Å². The summed E-state index contributed by atoms with van der Waals surface area (Å²) in [5, 5.41) is 0. The molecule has 6 heteroatoms. The molecule has 0 spiro atoms. The molecular formula is C13H20N2O3S. The number of nitrogens with one attached hydrogen (secondary N) is 1. The highest BCUT2D eigenvalue weighted by molar-refractivity contribution is 7.90. The van der Waals surface area contributed by atoms with E-state index in [2.05, 4.69) is 5.43 Å². The van der Waals surface area contributed by atoms with Crippen LogP contribution in [0.4, 0.5) is 0 Å². The smallest absolute Gasteiger partial charge is 0.147 e. The molecule has 0 aromatic heterocycles. The largest absolute Gasteiger partial charge is 0.488 e. The average molecular weight is 284 g/mol. The molecule has 1 heterocycles. The first-order chi connectivity index (χ1) is 8.99. The molecule has 0 radical (unpaired) electrons. The summed E-state index contributed by atoms with van der Waals surface area (Å²) in [5.41, 5.74) is 3.92. The number of sulfone groups is 1. The van der Waals surface area contributed by atoms with Gasteiger partial charge in [-0.25, -0.2) is 8.42 Å². The molecule has 2 rings (SSSR count). The molecule has 0 fully saturated rings. The van der Waals surface area contributed by atoms with Gasteiger partial charge in [-0.2, -0.15) is 0 Å². The molecule has 5 nitrogen and oxygen atoms in total. The zero-order valence-corrected chi connectivity index (χ0v) is 11.8. The van der Waals surface area contributed by atoms with Crippen LogP contribution in [0, 0.1) is 0 Å². The molecule has 0 bridgehead atoms. The van der Waals surface area contributed by atoms with Gasteiger partial charge >= 0.3 is 0 Å². The quantitative estimate of drug-likeness (QED) is 0.592. The number of nitrogens with two attached hydrogens (primary N) is 1. The number of rotatable bonds is 6. The Bertz CT molecular complexity index is 505. The Hall–Kier alpha value is -1.11. The SMILES string of the molecule is CS(=O)(=O)CCCC(NN)C1Cc2ccccc2O1. The summed E-state index contributed by atoms with van der Waals surface area (Å²) in [7, 11) is -2.91. The van der Waals surface area contributed by atoms with Crippen LogP contribution in [0.2, 0.25) is 0 Å². The Morgan fingerprint density at radius 1 is 1.47 bits per heavy atom. The number of hydrogen-bond acceptors (Lipinski definition) is 5. The second-order valence-corrected chi connectivity index (χ2v) is 7.27. The first-order valence-electron chi connectivity index (χ1n) is 6.38. The number of para-hydroxylation sites is 1. The molecule has 0 saturated carbocycles. The van der Waals surface area contributed by atoms with Crippen molar-refractivity contribution in [2.45, 2.75) is 31.4 Å². The summed E-state index contributed by atoms with van der Waals surface area (Å²) in [6, 6.07) is 7.88. The van der Waals surface area contributed by atoms with Gasteiger partial charge in [0.15, 0.2) is 0 Å². The molecule has 0 amide bonds. The normalized spacial score (nSPS) is 19.8. The number of fused-ring (bicyclic) bond motifs is 1. The first-order valence-corrected chi connectivity index (χ1v) is 8.44. The van der Waals surface area contributed by atoms with E-state index >= 15 is 0 Å². The van der Waals surface area contributed by atoms with Gasteiger partial charge in [0.25, 0.3) is 0 Å². The van der Waals surface area contributed by atoms with Gasteiger partial charge < -0.3 is 4.74 Å². The molecule has 1 aliphatic heterocycles. The number of benzene rings is 1. The van der Waals surface area contributed by atoms with Gasteiger partial charge in [0.2, 0.25) is 0 Å². The van der Waals surface area contributed by atoms with Gasteiger partial charge in [-0.05, 0) is 24.5 Å². The fraction of sp³-hybridized carbons (Fsp3) is 0.538. The number of hydrazine groups is 1. The highest BCUT2D eigenvalue weighted by Crippen LogP contribution is 2.30. The van der Waals surface area contributed by atoms with E-state index in [1.54, 1.807) is 0 Å². The van der Waals surface area contributed by atoms with E-state index in [1.807, 2.05) is 24.3 Å². The van der Waals surface area contributed by atoms with Crippen LogP contribution in [0.5, 0.6) is 5.75 Å². The second kappa shape index (κ2) is 5.90. The van der Waals surface area contributed by atoms with Crippen LogP contribution in [0.15, 0.2) is 24.3 Å². The highest BCUT2D eigenvalue weighted by Gasteiger charge is 2.29. The molecule has 0 aliphatic carbocycles. The van der Waals surface area contributed by atoms with E-state index in [-0.39, 0.29) is 17.9 Å². The molecule has 1 aliphatic rings. The van der Waals surface area contributed by atoms with Crippen molar-refractivity contribution >= 4 is 9.84 Å². The van der Waals surface area contributed by atoms with Crippen LogP contribution in [0.25, 0.3) is 0 Å². The van der Waals surface area contributed by atoms with Crippen molar-refractivity contribution in [3.8, 4) is 5.75 Å². The zero-order chi connectivity index (χ0) is 13.9. The van der Waals surface area contributed by atoms with E-state index < -0.39 is 9.84 Å². The third-order valence-electron chi connectivity index (χ3n) is 3.37. The average Bonchev–Trinajstić information content (AvgIpc) is 2.76. The number of ether oxygens (including phenoxy) is 1. The third-order valence-corrected chi connectivity index (χ3v) is 4.40. The standard InChI is InChI=1S/C13H20N2O3S/c1-19(16,17)8-4-6-11(15-14)13-9-10-5-2-3-7-12(10)18-13/h2-3,5,7,11,13,15H,4,6,8-9,14H2,1H3. The Balaban J connectivity index is 1.90. The van der Waals surface area contributed by atoms with Gasteiger partial charge in [0.05, 0.1) is 6.04 Å². The van der Waals surface area contributed by atoms with Crippen molar-refractivity contribution < 1.29 is 13.2 Å². The van der Waals surface area contributed by atoms with Gasteiger partial charge in [0.1, 0.15) is 21.7 Å². The lowest BCUT2D eigenvalue weighted by Gasteiger charge is -2.22. The topological polar surface area (TPSA) is 81.4 Å². The van der Waals surface area contributed by atoms with Crippen LogP contribution in [0.1, 0.15) is 18.4 Å². The van der Waals surface area contributed by atoms with Gasteiger partial charge in [0, 0.05) is 18.4 Å². The molecule has 1 aromatic rings. The predicted molar refractivity (Wildman–Crippen MR) is 74.6 cm³/mol. The maximum Gasteiger partial charge on any atom is 0.147 e. The third kappa shape index (κ3) is 3.92. The summed E-state index contributed by atoms with van der Waals surface area (Å²) in [6.07, 6.45) is 3.30. The minimum atomic E-state index is -2.91. The summed E-state index contributed by atoms with van der Waals surface area (Å²) in [4.78, 5) is 0. The lowest BCUT2D eigenvalue weighted by molar-refractivity contribution is 0.172. The minimum Gasteiger partial charge on any atom is -0.488 e. The Morgan fingerprint density at radius 3 is 2.84 bits per heavy atom. The molecule has 106 valence electrons. The van der Waals surface area contributed by atoms with Crippen molar-refractivity contribution in [2.24, 2.45) is 5.84 Å². The van der Waals surface area contributed by atoms with Crippen LogP contribution in [-0.2, 0) is 16.3 Å². The molecule has 1 aromatic carbocycles. The predicted octanol–water partition coefficient (Wildman–Crippen LogP) is 0.647. The molecular weight excluding hydrogens is 264 g/mol. The van der Waals surface area contributed by atoms with E-state index in [9.17, 15) is 8.42 Å². The summed E-state index contributed by atoms with van der Waals surface area (Å²) in [5.74, 6) is 6.64. The van der Waals surface area contributed by atoms with Crippen molar-refractivity contribution in [3.05, 3.63) is 29.8 Å².